The molecule has 0 N–H and O–H groups in total. The van der Waals surface area contributed by atoms with E-state index in [-0.39, 0.29) is 17.3 Å². The molecule has 0 unspecified atom stereocenters. The minimum absolute atomic E-state index is 0.0171. The third-order valence-electron chi connectivity index (χ3n) is 6.60. The molecule has 0 spiro atoms. The summed E-state index contributed by atoms with van der Waals surface area (Å²) in [6.45, 7) is 17.8. The fourth-order valence-corrected chi connectivity index (χ4v) is 3.54. The molecule has 0 aromatic rings. The number of rotatable bonds is 12. The topological polar surface area (TPSA) is 52.6 Å². The van der Waals surface area contributed by atoms with Gasteiger partial charge in [0, 0.05) is 10.8 Å². The third kappa shape index (κ3) is 6.63. The maximum atomic E-state index is 12.0. The summed E-state index contributed by atoms with van der Waals surface area (Å²) >= 11 is 0. The van der Waals surface area contributed by atoms with E-state index in [1.54, 1.807) is 0 Å². The summed E-state index contributed by atoms with van der Waals surface area (Å²) in [5.74, 6) is -0.133. The zero-order valence-electron chi connectivity index (χ0n) is 17.7. The molecule has 0 aromatic carbocycles. The summed E-state index contributed by atoms with van der Waals surface area (Å²) in [6.07, 6.45) is 3.49. The second-order valence-electron chi connectivity index (χ2n) is 7.95. The molecule has 0 aliphatic rings. The van der Waals surface area contributed by atoms with Crippen LogP contribution in [0.1, 0.15) is 87.5 Å². The van der Waals surface area contributed by atoms with Crippen molar-refractivity contribution < 1.29 is 19.1 Å². The molecular weight excluding hydrogens is 316 g/mol. The Bertz CT molecular complexity index is 366. The molecule has 148 valence electrons. The first-order chi connectivity index (χ1) is 11.6. The number of ether oxygens (including phenoxy) is 2. The van der Waals surface area contributed by atoms with Gasteiger partial charge in [0.15, 0.2) is 0 Å². The molecular formula is C21H40O4. The average molecular weight is 357 g/mol. The van der Waals surface area contributed by atoms with Crippen LogP contribution in [0.5, 0.6) is 0 Å². The zero-order chi connectivity index (χ0) is 19.7. The molecule has 0 atom stereocenters. The van der Waals surface area contributed by atoms with Gasteiger partial charge in [-0.2, -0.15) is 0 Å². The molecule has 0 bridgehead atoms. The normalized spacial score (nSPS) is 12.6. The van der Waals surface area contributed by atoms with Crippen LogP contribution in [0, 0.1) is 22.7 Å². The maximum Gasteiger partial charge on any atom is 0.317 e. The van der Waals surface area contributed by atoms with Gasteiger partial charge in [-0.15, -0.1) is 0 Å². The van der Waals surface area contributed by atoms with Crippen LogP contribution in [-0.4, -0.2) is 25.2 Å². The van der Waals surface area contributed by atoms with Gasteiger partial charge in [-0.05, 0) is 37.5 Å². The van der Waals surface area contributed by atoms with E-state index >= 15 is 0 Å². The minimum Gasteiger partial charge on any atom is -0.465 e. The lowest BCUT2D eigenvalue weighted by Gasteiger charge is -2.35. The zero-order valence-corrected chi connectivity index (χ0v) is 17.7. The van der Waals surface area contributed by atoms with Crippen molar-refractivity contribution >= 4 is 11.9 Å². The van der Waals surface area contributed by atoms with Gasteiger partial charge in [0.1, 0.15) is 6.42 Å². The van der Waals surface area contributed by atoms with Crippen LogP contribution in [0.15, 0.2) is 0 Å². The van der Waals surface area contributed by atoms with Gasteiger partial charge in [-0.25, -0.2) is 0 Å². The second-order valence-corrected chi connectivity index (χ2v) is 7.95. The Hall–Kier alpha value is -1.06. The van der Waals surface area contributed by atoms with Gasteiger partial charge in [0.25, 0.3) is 0 Å². The Morgan fingerprint density at radius 2 is 0.960 bits per heavy atom. The number of hydrogen-bond acceptors (Lipinski definition) is 4. The smallest absolute Gasteiger partial charge is 0.317 e. The summed E-state index contributed by atoms with van der Waals surface area (Å²) in [5.41, 5.74) is -0.0342. The van der Waals surface area contributed by atoms with Crippen molar-refractivity contribution in [2.45, 2.75) is 87.5 Å². The number of carbonyl (C=O) groups excluding carboxylic acids is 2. The van der Waals surface area contributed by atoms with Gasteiger partial charge in [0.2, 0.25) is 0 Å². The maximum absolute atomic E-state index is 12.0. The Kier molecular flexibility index (Phi) is 10.4. The Balaban J connectivity index is 4.55. The molecule has 0 saturated heterocycles. The lowest BCUT2D eigenvalue weighted by molar-refractivity contribution is -0.160. The lowest BCUT2D eigenvalue weighted by Crippen LogP contribution is -2.34. The van der Waals surface area contributed by atoms with Gasteiger partial charge in [-0.1, -0.05) is 55.4 Å². The molecule has 0 amide bonds. The van der Waals surface area contributed by atoms with Crippen molar-refractivity contribution in [1.29, 1.82) is 0 Å². The highest BCUT2D eigenvalue weighted by Crippen LogP contribution is 2.36. The highest BCUT2D eigenvalue weighted by molar-refractivity contribution is 5.91. The highest BCUT2D eigenvalue weighted by Gasteiger charge is 2.33. The van der Waals surface area contributed by atoms with E-state index in [1.165, 1.54) is 0 Å². The fraction of sp³-hybridized carbons (Fsp3) is 0.905. The minimum atomic E-state index is -0.486. The van der Waals surface area contributed by atoms with E-state index in [0.717, 1.165) is 25.7 Å². The predicted octanol–water partition coefficient (Wildman–Crippen LogP) is 5.39. The standard InChI is InChI=1S/C21H40O4/c1-9-20(10-2,16(5)6)14-24-18(22)13-19(23)25-15-21(11-3,12-4)17(7)8/h16-17H,9-15H2,1-8H3. The fourth-order valence-electron chi connectivity index (χ4n) is 3.54. The van der Waals surface area contributed by atoms with E-state index in [2.05, 4.69) is 55.4 Å². The van der Waals surface area contributed by atoms with E-state index < -0.39 is 11.9 Å². The molecule has 4 heteroatoms. The van der Waals surface area contributed by atoms with Crippen LogP contribution < -0.4 is 0 Å². The number of esters is 2. The third-order valence-corrected chi connectivity index (χ3v) is 6.60. The molecule has 4 nitrogen and oxygen atoms in total. The first-order valence-electron chi connectivity index (χ1n) is 9.94. The monoisotopic (exact) mass is 356 g/mol. The van der Waals surface area contributed by atoms with E-state index in [4.69, 9.17) is 9.47 Å². The first-order valence-corrected chi connectivity index (χ1v) is 9.94. The highest BCUT2D eigenvalue weighted by atomic mass is 16.6. The van der Waals surface area contributed by atoms with Crippen molar-refractivity contribution in [3.8, 4) is 0 Å². The van der Waals surface area contributed by atoms with Crippen LogP contribution in [-0.2, 0) is 19.1 Å². The molecule has 25 heavy (non-hydrogen) atoms. The number of hydrogen-bond donors (Lipinski definition) is 0. The van der Waals surface area contributed by atoms with Crippen LogP contribution >= 0.6 is 0 Å². The Morgan fingerprint density at radius 3 is 1.16 bits per heavy atom. The van der Waals surface area contributed by atoms with E-state index in [9.17, 15) is 9.59 Å². The van der Waals surface area contributed by atoms with E-state index in [0.29, 0.717) is 25.0 Å². The van der Waals surface area contributed by atoms with Crippen LogP contribution in [0.25, 0.3) is 0 Å². The Morgan fingerprint density at radius 1 is 0.680 bits per heavy atom. The first kappa shape index (κ1) is 23.9. The van der Waals surface area contributed by atoms with Crippen molar-refractivity contribution in [2.75, 3.05) is 13.2 Å². The van der Waals surface area contributed by atoms with Gasteiger partial charge >= 0.3 is 11.9 Å². The van der Waals surface area contributed by atoms with Gasteiger partial charge in [-0.3, -0.25) is 9.59 Å². The molecule has 0 saturated carbocycles. The van der Waals surface area contributed by atoms with Gasteiger partial charge < -0.3 is 9.47 Å². The largest absolute Gasteiger partial charge is 0.465 e. The molecule has 0 aliphatic heterocycles. The predicted molar refractivity (Wildman–Crippen MR) is 102 cm³/mol. The van der Waals surface area contributed by atoms with Crippen LogP contribution in [0.3, 0.4) is 0 Å². The Labute approximate surface area is 155 Å². The molecule has 0 rings (SSSR count). The molecule has 0 heterocycles. The van der Waals surface area contributed by atoms with Crippen molar-refractivity contribution in [1.82, 2.24) is 0 Å². The summed E-state index contributed by atoms with van der Waals surface area (Å²) < 4.78 is 10.8. The van der Waals surface area contributed by atoms with Gasteiger partial charge in [0.05, 0.1) is 13.2 Å². The van der Waals surface area contributed by atoms with Crippen molar-refractivity contribution in [3.05, 3.63) is 0 Å². The summed E-state index contributed by atoms with van der Waals surface area (Å²) in [7, 11) is 0. The summed E-state index contributed by atoms with van der Waals surface area (Å²) in [6, 6.07) is 0. The summed E-state index contributed by atoms with van der Waals surface area (Å²) in [4.78, 5) is 24.1. The van der Waals surface area contributed by atoms with Crippen molar-refractivity contribution in [2.24, 2.45) is 22.7 Å². The molecule has 0 aromatic heterocycles. The van der Waals surface area contributed by atoms with E-state index in [1.807, 2.05) is 0 Å². The number of carbonyl (C=O) groups is 2. The molecule has 0 radical (unpaired) electrons. The quantitative estimate of drug-likeness (QED) is 0.347. The van der Waals surface area contributed by atoms with Crippen LogP contribution in [0.4, 0.5) is 0 Å². The second kappa shape index (κ2) is 10.8. The SMILES string of the molecule is CCC(CC)(COC(=O)CC(=O)OCC(CC)(CC)C(C)C)C(C)C. The lowest BCUT2D eigenvalue weighted by atomic mass is 9.73. The molecule has 0 fully saturated rings. The van der Waals surface area contributed by atoms with Crippen molar-refractivity contribution in [3.63, 3.8) is 0 Å². The van der Waals surface area contributed by atoms with Crippen LogP contribution in [0.2, 0.25) is 0 Å². The molecule has 0 aliphatic carbocycles. The average Bonchev–Trinajstić information content (AvgIpc) is 2.57. The summed E-state index contributed by atoms with van der Waals surface area (Å²) in [5, 5.41) is 0.